The molecular formula is C9H19NO. The first-order chi connectivity index (χ1) is 5.33. The zero-order chi connectivity index (χ0) is 8.10. The summed E-state index contributed by atoms with van der Waals surface area (Å²) in [5.41, 5.74) is 5.82. The lowest BCUT2D eigenvalue weighted by Crippen LogP contribution is -2.29. The standard InChI is InChI=1S/C9H19NO/c1-2-8(10)7-9-5-3-4-6-11-9/h8-9H,2-7,10H2,1H3. The Morgan fingerprint density at radius 2 is 2.36 bits per heavy atom. The van der Waals surface area contributed by atoms with Crippen LogP contribution in [0, 0.1) is 0 Å². The molecule has 1 fully saturated rings. The topological polar surface area (TPSA) is 35.2 Å². The third-order valence-electron chi connectivity index (χ3n) is 2.36. The molecule has 11 heavy (non-hydrogen) atoms. The van der Waals surface area contributed by atoms with E-state index in [-0.39, 0.29) is 0 Å². The van der Waals surface area contributed by atoms with Gasteiger partial charge in [-0.3, -0.25) is 0 Å². The van der Waals surface area contributed by atoms with Crippen LogP contribution in [0.2, 0.25) is 0 Å². The van der Waals surface area contributed by atoms with Gasteiger partial charge in [0, 0.05) is 12.6 Å². The predicted octanol–water partition coefficient (Wildman–Crippen LogP) is 1.68. The van der Waals surface area contributed by atoms with Gasteiger partial charge in [0.2, 0.25) is 0 Å². The van der Waals surface area contributed by atoms with Gasteiger partial charge in [0.1, 0.15) is 0 Å². The van der Waals surface area contributed by atoms with E-state index in [4.69, 9.17) is 10.5 Å². The fourth-order valence-electron chi connectivity index (χ4n) is 1.50. The van der Waals surface area contributed by atoms with Crippen molar-refractivity contribution < 1.29 is 4.74 Å². The summed E-state index contributed by atoms with van der Waals surface area (Å²) in [5.74, 6) is 0. The maximum atomic E-state index is 5.82. The summed E-state index contributed by atoms with van der Waals surface area (Å²) in [5, 5.41) is 0. The summed E-state index contributed by atoms with van der Waals surface area (Å²) in [6, 6.07) is 0.345. The Bertz CT molecular complexity index is 99.7. The first kappa shape index (κ1) is 9.01. The fourth-order valence-corrected chi connectivity index (χ4v) is 1.50. The Balaban J connectivity index is 2.13. The van der Waals surface area contributed by atoms with Crippen molar-refractivity contribution >= 4 is 0 Å². The Morgan fingerprint density at radius 1 is 1.55 bits per heavy atom. The Kier molecular flexibility index (Phi) is 3.87. The molecule has 0 aromatic carbocycles. The summed E-state index contributed by atoms with van der Waals surface area (Å²) in [6.07, 6.45) is 6.35. The van der Waals surface area contributed by atoms with Crippen LogP contribution in [0.1, 0.15) is 39.0 Å². The quantitative estimate of drug-likeness (QED) is 0.676. The molecule has 1 heterocycles. The predicted molar refractivity (Wildman–Crippen MR) is 46.5 cm³/mol. The largest absolute Gasteiger partial charge is 0.378 e. The third kappa shape index (κ3) is 3.21. The lowest BCUT2D eigenvalue weighted by atomic mass is 10.0. The summed E-state index contributed by atoms with van der Waals surface area (Å²) in [7, 11) is 0. The molecule has 2 unspecified atom stereocenters. The molecule has 2 heteroatoms. The average Bonchev–Trinajstić information content (AvgIpc) is 2.06. The second kappa shape index (κ2) is 4.73. The number of hydrogen-bond acceptors (Lipinski definition) is 2. The van der Waals surface area contributed by atoms with Gasteiger partial charge in [-0.15, -0.1) is 0 Å². The summed E-state index contributed by atoms with van der Waals surface area (Å²) in [6.45, 7) is 3.08. The molecule has 0 amide bonds. The molecule has 0 aromatic heterocycles. The monoisotopic (exact) mass is 157 g/mol. The van der Waals surface area contributed by atoms with Crippen LogP contribution in [-0.4, -0.2) is 18.8 Å². The van der Waals surface area contributed by atoms with Crippen LogP contribution < -0.4 is 5.73 Å². The second-order valence-electron chi connectivity index (χ2n) is 3.39. The molecule has 0 radical (unpaired) electrons. The van der Waals surface area contributed by atoms with Crippen LogP contribution in [-0.2, 0) is 4.74 Å². The molecule has 2 atom stereocenters. The van der Waals surface area contributed by atoms with Crippen LogP contribution >= 0.6 is 0 Å². The van der Waals surface area contributed by atoms with Crippen molar-refractivity contribution in [2.45, 2.75) is 51.2 Å². The van der Waals surface area contributed by atoms with Crippen molar-refractivity contribution in [3.8, 4) is 0 Å². The molecule has 2 N–H and O–H groups in total. The van der Waals surface area contributed by atoms with E-state index in [0.29, 0.717) is 12.1 Å². The van der Waals surface area contributed by atoms with Crippen LogP contribution in [0.15, 0.2) is 0 Å². The summed E-state index contributed by atoms with van der Waals surface area (Å²) in [4.78, 5) is 0. The zero-order valence-electron chi connectivity index (χ0n) is 7.38. The van der Waals surface area contributed by atoms with Gasteiger partial charge in [0.05, 0.1) is 6.10 Å². The molecule has 66 valence electrons. The van der Waals surface area contributed by atoms with Gasteiger partial charge in [-0.25, -0.2) is 0 Å². The molecule has 0 aromatic rings. The van der Waals surface area contributed by atoms with Gasteiger partial charge in [-0.1, -0.05) is 6.92 Å². The number of hydrogen-bond donors (Lipinski definition) is 1. The highest BCUT2D eigenvalue weighted by Gasteiger charge is 2.15. The van der Waals surface area contributed by atoms with Crippen molar-refractivity contribution in [1.82, 2.24) is 0 Å². The van der Waals surface area contributed by atoms with E-state index in [1.165, 1.54) is 19.3 Å². The minimum Gasteiger partial charge on any atom is -0.378 e. The summed E-state index contributed by atoms with van der Waals surface area (Å²) >= 11 is 0. The number of nitrogens with two attached hydrogens (primary N) is 1. The Morgan fingerprint density at radius 3 is 2.91 bits per heavy atom. The highest BCUT2D eigenvalue weighted by atomic mass is 16.5. The van der Waals surface area contributed by atoms with E-state index >= 15 is 0 Å². The van der Waals surface area contributed by atoms with Gasteiger partial charge < -0.3 is 10.5 Å². The molecular weight excluding hydrogens is 138 g/mol. The second-order valence-corrected chi connectivity index (χ2v) is 3.39. The lowest BCUT2D eigenvalue weighted by molar-refractivity contribution is 0.00726. The Labute approximate surface area is 69.1 Å². The number of ether oxygens (including phenoxy) is 1. The van der Waals surface area contributed by atoms with E-state index in [0.717, 1.165) is 19.4 Å². The van der Waals surface area contributed by atoms with Crippen LogP contribution in [0.4, 0.5) is 0 Å². The van der Waals surface area contributed by atoms with Crippen LogP contribution in [0.5, 0.6) is 0 Å². The first-order valence-electron chi connectivity index (χ1n) is 4.70. The first-order valence-corrected chi connectivity index (χ1v) is 4.70. The highest BCUT2D eigenvalue weighted by molar-refractivity contribution is 4.69. The van der Waals surface area contributed by atoms with Crippen molar-refractivity contribution in [2.24, 2.45) is 5.73 Å². The van der Waals surface area contributed by atoms with E-state index in [2.05, 4.69) is 6.92 Å². The minimum absolute atomic E-state index is 0.345. The van der Waals surface area contributed by atoms with Gasteiger partial charge in [0.15, 0.2) is 0 Å². The van der Waals surface area contributed by atoms with Gasteiger partial charge in [-0.05, 0) is 32.1 Å². The SMILES string of the molecule is CCC(N)CC1CCCCO1. The van der Waals surface area contributed by atoms with E-state index < -0.39 is 0 Å². The average molecular weight is 157 g/mol. The van der Waals surface area contributed by atoms with Crippen molar-refractivity contribution in [1.29, 1.82) is 0 Å². The third-order valence-corrected chi connectivity index (χ3v) is 2.36. The van der Waals surface area contributed by atoms with Crippen LogP contribution in [0.3, 0.4) is 0 Å². The smallest absolute Gasteiger partial charge is 0.0589 e. The maximum absolute atomic E-state index is 5.82. The molecule has 2 nitrogen and oxygen atoms in total. The molecule has 0 aliphatic carbocycles. The van der Waals surface area contributed by atoms with Gasteiger partial charge in [0.25, 0.3) is 0 Å². The van der Waals surface area contributed by atoms with E-state index in [9.17, 15) is 0 Å². The molecule has 0 saturated carbocycles. The van der Waals surface area contributed by atoms with Crippen molar-refractivity contribution in [3.63, 3.8) is 0 Å². The molecule has 1 saturated heterocycles. The van der Waals surface area contributed by atoms with E-state index in [1.807, 2.05) is 0 Å². The van der Waals surface area contributed by atoms with E-state index in [1.54, 1.807) is 0 Å². The summed E-state index contributed by atoms with van der Waals surface area (Å²) < 4.78 is 5.57. The molecule has 0 bridgehead atoms. The molecule has 1 aliphatic heterocycles. The zero-order valence-corrected chi connectivity index (χ0v) is 7.38. The molecule has 1 aliphatic rings. The number of rotatable bonds is 3. The van der Waals surface area contributed by atoms with Crippen LogP contribution in [0.25, 0.3) is 0 Å². The van der Waals surface area contributed by atoms with Gasteiger partial charge in [-0.2, -0.15) is 0 Å². The van der Waals surface area contributed by atoms with Crippen molar-refractivity contribution in [2.75, 3.05) is 6.61 Å². The maximum Gasteiger partial charge on any atom is 0.0589 e. The molecule has 1 rings (SSSR count). The minimum atomic E-state index is 0.345. The fraction of sp³-hybridized carbons (Fsp3) is 1.00. The van der Waals surface area contributed by atoms with Gasteiger partial charge >= 0.3 is 0 Å². The normalized spacial score (nSPS) is 28.4. The Hall–Kier alpha value is -0.0800. The lowest BCUT2D eigenvalue weighted by Gasteiger charge is -2.24. The van der Waals surface area contributed by atoms with Crippen molar-refractivity contribution in [3.05, 3.63) is 0 Å². The molecule has 0 spiro atoms. The highest BCUT2D eigenvalue weighted by Crippen LogP contribution is 2.16.